The van der Waals surface area contributed by atoms with Crippen LogP contribution in [-0.4, -0.2) is 48.8 Å². The van der Waals surface area contributed by atoms with Gasteiger partial charge in [0, 0.05) is 49.7 Å². The maximum absolute atomic E-state index is 13.5. The zero-order chi connectivity index (χ0) is 30.2. The Kier molecular flexibility index (Phi) is 9.46. The minimum Gasteiger partial charge on any atom is -0.367 e. The number of rotatable bonds is 9. The van der Waals surface area contributed by atoms with Crippen LogP contribution in [0.5, 0.6) is 0 Å². The fraction of sp³-hybridized carbons (Fsp3) is 0.229. The van der Waals surface area contributed by atoms with Crippen molar-refractivity contribution in [3.05, 3.63) is 131 Å². The smallest absolute Gasteiger partial charge is 0.255 e. The predicted octanol–water partition coefficient (Wildman–Crippen LogP) is 5.85. The van der Waals surface area contributed by atoms with E-state index in [9.17, 15) is 18.8 Å². The van der Waals surface area contributed by atoms with Crippen molar-refractivity contribution in [2.24, 2.45) is 0 Å². The molecule has 0 radical (unpaired) electrons. The summed E-state index contributed by atoms with van der Waals surface area (Å²) in [7, 11) is 0. The van der Waals surface area contributed by atoms with Gasteiger partial charge in [-0.2, -0.15) is 0 Å². The van der Waals surface area contributed by atoms with E-state index >= 15 is 0 Å². The zero-order valence-corrected chi connectivity index (χ0v) is 24.1. The highest BCUT2D eigenvalue weighted by atomic mass is 19.1. The van der Waals surface area contributed by atoms with E-state index in [1.165, 1.54) is 12.1 Å². The molecule has 0 spiro atoms. The van der Waals surface area contributed by atoms with Gasteiger partial charge in [0.15, 0.2) is 0 Å². The van der Waals surface area contributed by atoms with Crippen molar-refractivity contribution in [3.63, 3.8) is 0 Å². The lowest BCUT2D eigenvalue weighted by Gasteiger charge is -2.38. The average Bonchev–Trinajstić information content (AvgIpc) is 3.05. The van der Waals surface area contributed by atoms with Crippen molar-refractivity contribution in [2.75, 3.05) is 36.4 Å². The van der Waals surface area contributed by atoms with Crippen LogP contribution in [0.25, 0.3) is 0 Å². The zero-order valence-electron chi connectivity index (χ0n) is 24.1. The number of halogens is 1. The van der Waals surface area contributed by atoms with Gasteiger partial charge in [-0.25, -0.2) is 4.39 Å². The fourth-order valence-electron chi connectivity index (χ4n) is 5.37. The first kappa shape index (κ1) is 29.5. The summed E-state index contributed by atoms with van der Waals surface area (Å²) < 4.78 is 13.4. The Balaban J connectivity index is 1.33. The Bertz CT molecular complexity index is 1550. The summed E-state index contributed by atoms with van der Waals surface area (Å²) in [4.78, 5) is 43.8. The molecule has 4 aromatic rings. The van der Waals surface area contributed by atoms with E-state index in [1.54, 1.807) is 48.5 Å². The monoisotopic (exact) mass is 578 g/mol. The van der Waals surface area contributed by atoms with E-state index in [-0.39, 0.29) is 36.0 Å². The van der Waals surface area contributed by atoms with Gasteiger partial charge in [0.1, 0.15) is 5.82 Å². The summed E-state index contributed by atoms with van der Waals surface area (Å²) in [6.45, 7) is 4.44. The first-order valence-corrected chi connectivity index (χ1v) is 14.5. The van der Waals surface area contributed by atoms with Gasteiger partial charge in [-0.1, -0.05) is 67.6 Å². The molecule has 8 heteroatoms. The lowest BCUT2D eigenvalue weighted by Crippen LogP contribution is -2.50. The Morgan fingerprint density at radius 2 is 1.44 bits per heavy atom. The van der Waals surface area contributed by atoms with Crippen LogP contribution in [0.3, 0.4) is 0 Å². The largest absolute Gasteiger partial charge is 0.367 e. The molecule has 4 aromatic carbocycles. The molecule has 5 rings (SSSR count). The van der Waals surface area contributed by atoms with Crippen molar-refractivity contribution < 1.29 is 18.8 Å². The van der Waals surface area contributed by atoms with E-state index in [4.69, 9.17) is 0 Å². The molecule has 0 saturated carbocycles. The van der Waals surface area contributed by atoms with Gasteiger partial charge in [0.25, 0.3) is 11.8 Å². The number of amides is 3. The molecule has 43 heavy (non-hydrogen) atoms. The van der Waals surface area contributed by atoms with E-state index in [0.717, 1.165) is 23.2 Å². The SMILES string of the molecule is CCC(C(=O)N1CCN(c2ccc(NC(=O)c3ccccc3)cc2C(=O)NCc2ccc(F)cc2)CC1)c1ccccc1. The van der Waals surface area contributed by atoms with Crippen LogP contribution in [0, 0.1) is 5.82 Å². The van der Waals surface area contributed by atoms with Crippen LogP contribution in [0.1, 0.15) is 51.1 Å². The predicted molar refractivity (Wildman–Crippen MR) is 167 cm³/mol. The van der Waals surface area contributed by atoms with Crippen LogP contribution in [0.2, 0.25) is 0 Å². The number of benzene rings is 4. The summed E-state index contributed by atoms with van der Waals surface area (Å²) >= 11 is 0. The average molecular weight is 579 g/mol. The van der Waals surface area contributed by atoms with Crippen LogP contribution < -0.4 is 15.5 Å². The van der Waals surface area contributed by atoms with Crippen molar-refractivity contribution >= 4 is 29.1 Å². The molecule has 1 fully saturated rings. The van der Waals surface area contributed by atoms with Gasteiger partial charge in [-0.05, 0) is 60.0 Å². The van der Waals surface area contributed by atoms with Crippen molar-refractivity contribution in [1.82, 2.24) is 10.2 Å². The Morgan fingerprint density at radius 1 is 0.791 bits per heavy atom. The van der Waals surface area contributed by atoms with Gasteiger partial charge >= 0.3 is 0 Å². The maximum atomic E-state index is 13.5. The van der Waals surface area contributed by atoms with E-state index < -0.39 is 0 Å². The Labute approximate surface area is 251 Å². The number of anilines is 2. The summed E-state index contributed by atoms with van der Waals surface area (Å²) in [5.74, 6) is -1.01. The quantitative estimate of drug-likeness (QED) is 0.261. The van der Waals surface area contributed by atoms with Crippen LogP contribution in [0.15, 0.2) is 103 Å². The number of hydrogen-bond donors (Lipinski definition) is 2. The minimum atomic E-state index is -0.342. The molecule has 7 nitrogen and oxygen atoms in total. The molecule has 1 atom stereocenters. The Hall–Kier alpha value is -4.98. The van der Waals surface area contributed by atoms with Gasteiger partial charge in [-0.3, -0.25) is 14.4 Å². The first-order valence-electron chi connectivity index (χ1n) is 14.5. The second-order valence-electron chi connectivity index (χ2n) is 10.5. The number of nitrogens with one attached hydrogen (secondary N) is 2. The van der Waals surface area contributed by atoms with E-state index in [0.29, 0.717) is 43.0 Å². The molecular weight excluding hydrogens is 543 g/mol. The molecule has 3 amide bonds. The molecule has 1 heterocycles. The van der Waals surface area contributed by atoms with Crippen LogP contribution in [0.4, 0.5) is 15.8 Å². The lowest BCUT2D eigenvalue weighted by molar-refractivity contribution is -0.133. The molecule has 0 bridgehead atoms. The van der Waals surface area contributed by atoms with Gasteiger partial charge in [0.2, 0.25) is 5.91 Å². The number of carbonyl (C=O) groups excluding carboxylic acids is 3. The molecule has 1 aliphatic heterocycles. The minimum absolute atomic E-state index is 0.115. The molecule has 0 aromatic heterocycles. The maximum Gasteiger partial charge on any atom is 0.255 e. The molecule has 220 valence electrons. The van der Waals surface area contributed by atoms with E-state index in [2.05, 4.69) is 15.5 Å². The lowest BCUT2D eigenvalue weighted by atomic mass is 9.94. The van der Waals surface area contributed by atoms with E-state index in [1.807, 2.05) is 54.3 Å². The van der Waals surface area contributed by atoms with Crippen LogP contribution in [-0.2, 0) is 11.3 Å². The summed E-state index contributed by atoms with van der Waals surface area (Å²) in [6, 6.07) is 30.0. The third kappa shape index (κ3) is 7.27. The molecule has 1 aliphatic rings. The number of hydrogen-bond acceptors (Lipinski definition) is 4. The Morgan fingerprint density at radius 3 is 2.09 bits per heavy atom. The molecule has 1 unspecified atom stereocenters. The number of nitrogens with zero attached hydrogens (tertiary/aromatic N) is 2. The third-order valence-corrected chi connectivity index (χ3v) is 7.74. The van der Waals surface area contributed by atoms with Crippen LogP contribution >= 0.6 is 0 Å². The molecule has 1 saturated heterocycles. The summed E-state index contributed by atoms with van der Waals surface area (Å²) in [5.41, 5.74) is 3.91. The topological polar surface area (TPSA) is 81.8 Å². The normalized spacial score (nSPS) is 13.7. The van der Waals surface area contributed by atoms with Gasteiger partial charge in [-0.15, -0.1) is 0 Å². The first-order chi connectivity index (χ1) is 20.9. The summed E-state index contributed by atoms with van der Waals surface area (Å²) in [5, 5.41) is 5.82. The number of carbonyl (C=O) groups is 3. The van der Waals surface area contributed by atoms with Gasteiger partial charge in [0.05, 0.1) is 11.5 Å². The third-order valence-electron chi connectivity index (χ3n) is 7.74. The van der Waals surface area contributed by atoms with Crippen molar-refractivity contribution in [2.45, 2.75) is 25.8 Å². The molecule has 2 N–H and O–H groups in total. The van der Waals surface area contributed by atoms with Crippen molar-refractivity contribution in [3.8, 4) is 0 Å². The molecular formula is C35H35FN4O3. The standard InChI is InChI=1S/C35H35FN4O3/c1-2-30(26-9-5-3-6-10-26)35(43)40-21-19-39(20-22-40)32-18-17-29(38-33(41)27-11-7-4-8-12-27)23-31(32)34(42)37-24-25-13-15-28(36)16-14-25/h3-18,23,30H,2,19-22,24H2,1H3,(H,37,42)(H,38,41). The van der Waals surface area contributed by atoms with Gasteiger partial charge < -0.3 is 20.4 Å². The number of piperazine rings is 1. The second kappa shape index (κ2) is 13.8. The summed E-state index contributed by atoms with van der Waals surface area (Å²) in [6.07, 6.45) is 0.720. The second-order valence-corrected chi connectivity index (χ2v) is 10.5. The molecule has 0 aliphatic carbocycles. The highest BCUT2D eigenvalue weighted by molar-refractivity contribution is 6.06. The highest BCUT2D eigenvalue weighted by Crippen LogP contribution is 2.28. The van der Waals surface area contributed by atoms with Crippen molar-refractivity contribution in [1.29, 1.82) is 0 Å². The fourth-order valence-corrected chi connectivity index (χ4v) is 5.37. The highest BCUT2D eigenvalue weighted by Gasteiger charge is 2.29.